The first kappa shape index (κ1) is 13.6. The van der Waals surface area contributed by atoms with Crippen LogP contribution < -0.4 is 10.6 Å². The average molecular weight is 392 g/mol. The van der Waals surface area contributed by atoms with Crippen molar-refractivity contribution < 1.29 is 0 Å². The summed E-state index contributed by atoms with van der Waals surface area (Å²) in [5, 5.41) is 6.72. The van der Waals surface area contributed by atoms with Crippen molar-refractivity contribution in [3.05, 3.63) is 38.4 Å². The lowest BCUT2D eigenvalue weighted by atomic mass is 10.3. The van der Waals surface area contributed by atoms with E-state index in [2.05, 4.69) is 52.5 Å². The van der Waals surface area contributed by atoms with Gasteiger partial charge in [-0.25, -0.2) is 4.98 Å². The van der Waals surface area contributed by atoms with Crippen molar-refractivity contribution in [2.45, 2.75) is 0 Å². The minimum Gasteiger partial charge on any atom is -0.357 e. The molecule has 1 aromatic carbocycles. The monoisotopic (exact) mass is 390 g/mol. The first-order chi connectivity index (χ1) is 8.60. The lowest BCUT2D eigenvalue weighted by Gasteiger charge is -2.10. The van der Waals surface area contributed by atoms with Gasteiger partial charge in [-0.15, -0.1) is 0 Å². The quantitative estimate of drug-likeness (QED) is 0.811. The van der Waals surface area contributed by atoms with Gasteiger partial charge in [0.2, 0.25) is 5.95 Å². The molecule has 0 aliphatic heterocycles. The van der Waals surface area contributed by atoms with E-state index in [-0.39, 0.29) is 0 Å². The Balaban J connectivity index is 2.36. The van der Waals surface area contributed by atoms with Crippen LogP contribution in [0.1, 0.15) is 0 Å². The molecule has 7 heteroatoms. The minimum absolute atomic E-state index is 0.541. The normalized spacial score (nSPS) is 10.2. The van der Waals surface area contributed by atoms with Crippen molar-refractivity contribution >= 4 is 60.9 Å². The van der Waals surface area contributed by atoms with E-state index in [4.69, 9.17) is 11.6 Å². The Kier molecular flexibility index (Phi) is 4.42. The standard InChI is InChI=1S/C11H9Br2ClN4/c1-15-11-16-5-8(13)10(18-11)17-9-4-6(14)2-3-7(9)12/h2-5H,1H3,(H2,15,16,17,18). The van der Waals surface area contributed by atoms with Gasteiger partial charge in [-0.05, 0) is 50.1 Å². The Bertz CT molecular complexity index is 577. The number of benzene rings is 1. The molecule has 94 valence electrons. The number of nitrogens with zero attached hydrogens (tertiary/aromatic N) is 2. The van der Waals surface area contributed by atoms with Gasteiger partial charge in [-0.3, -0.25) is 0 Å². The fourth-order valence-electron chi connectivity index (χ4n) is 1.30. The summed E-state index contributed by atoms with van der Waals surface area (Å²) in [6.07, 6.45) is 1.68. The number of aromatic nitrogens is 2. The summed E-state index contributed by atoms with van der Waals surface area (Å²) in [7, 11) is 1.77. The van der Waals surface area contributed by atoms with Crippen LogP contribution in [0.5, 0.6) is 0 Å². The zero-order valence-corrected chi connectivity index (χ0v) is 13.3. The minimum atomic E-state index is 0.541. The van der Waals surface area contributed by atoms with Gasteiger partial charge in [-0.2, -0.15) is 4.98 Å². The summed E-state index contributed by atoms with van der Waals surface area (Å²) >= 11 is 12.8. The summed E-state index contributed by atoms with van der Waals surface area (Å²) < 4.78 is 1.68. The predicted molar refractivity (Wildman–Crippen MR) is 81.7 cm³/mol. The molecule has 0 spiro atoms. The van der Waals surface area contributed by atoms with Gasteiger partial charge in [0.05, 0.1) is 10.2 Å². The molecule has 0 atom stereocenters. The molecule has 0 saturated heterocycles. The highest BCUT2D eigenvalue weighted by Gasteiger charge is 2.07. The number of anilines is 3. The van der Waals surface area contributed by atoms with E-state index in [1.807, 2.05) is 18.2 Å². The Labute approximate surface area is 126 Å². The Morgan fingerprint density at radius 2 is 2.00 bits per heavy atom. The lowest BCUT2D eigenvalue weighted by molar-refractivity contribution is 1.14. The predicted octanol–water partition coefficient (Wildman–Crippen LogP) is 4.44. The number of nitrogens with one attached hydrogen (secondary N) is 2. The molecule has 4 nitrogen and oxygen atoms in total. The van der Waals surface area contributed by atoms with Gasteiger partial charge in [0.1, 0.15) is 5.82 Å². The van der Waals surface area contributed by atoms with Crippen LogP contribution in [0.15, 0.2) is 33.3 Å². The van der Waals surface area contributed by atoms with Gasteiger partial charge in [0, 0.05) is 22.7 Å². The summed E-state index contributed by atoms with van der Waals surface area (Å²) in [6.45, 7) is 0. The molecule has 2 rings (SSSR count). The molecule has 0 unspecified atom stereocenters. The second-order valence-electron chi connectivity index (χ2n) is 3.39. The second-order valence-corrected chi connectivity index (χ2v) is 5.53. The molecule has 0 saturated carbocycles. The molecule has 18 heavy (non-hydrogen) atoms. The molecule has 0 radical (unpaired) electrons. The fraction of sp³-hybridized carbons (Fsp3) is 0.0909. The van der Waals surface area contributed by atoms with Crippen LogP contribution in [0, 0.1) is 0 Å². The van der Waals surface area contributed by atoms with Gasteiger partial charge in [0.15, 0.2) is 0 Å². The molecular weight excluding hydrogens is 383 g/mol. The van der Waals surface area contributed by atoms with Crippen molar-refractivity contribution in [2.75, 3.05) is 17.7 Å². The van der Waals surface area contributed by atoms with Gasteiger partial charge in [-0.1, -0.05) is 11.6 Å². The van der Waals surface area contributed by atoms with Crippen LogP contribution in [-0.4, -0.2) is 17.0 Å². The van der Waals surface area contributed by atoms with Crippen LogP contribution in [0.4, 0.5) is 17.5 Å². The molecule has 0 fully saturated rings. The number of rotatable bonds is 3. The van der Waals surface area contributed by atoms with E-state index < -0.39 is 0 Å². The maximum absolute atomic E-state index is 5.96. The molecule has 2 aromatic rings. The van der Waals surface area contributed by atoms with E-state index in [1.54, 1.807) is 13.2 Å². The second kappa shape index (κ2) is 5.86. The number of hydrogen-bond donors (Lipinski definition) is 2. The van der Waals surface area contributed by atoms with Crippen molar-refractivity contribution in [3.8, 4) is 0 Å². The average Bonchev–Trinajstić information content (AvgIpc) is 2.36. The van der Waals surface area contributed by atoms with Crippen LogP contribution in [0.2, 0.25) is 5.02 Å². The van der Waals surface area contributed by atoms with E-state index in [0.717, 1.165) is 14.6 Å². The van der Waals surface area contributed by atoms with Crippen LogP contribution in [-0.2, 0) is 0 Å². The zero-order valence-electron chi connectivity index (χ0n) is 9.34. The summed E-state index contributed by atoms with van der Waals surface area (Å²) in [4.78, 5) is 8.40. The zero-order chi connectivity index (χ0) is 13.1. The van der Waals surface area contributed by atoms with Crippen LogP contribution in [0.25, 0.3) is 0 Å². The maximum Gasteiger partial charge on any atom is 0.224 e. The Morgan fingerprint density at radius 1 is 1.22 bits per heavy atom. The molecule has 0 aliphatic carbocycles. The molecule has 1 heterocycles. The summed E-state index contributed by atoms with van der Waals surface area (Å²) in [5.74, 6) is 1.20. The van der Waals surface area contributed by atoms with Crippen LogP contribution >= 0.6 is 43.5 Å². The fourth-order valence-corrected chi connectivity index (χ4v) is 2.10. The van der Waals surface area contributed by atoms with Crippen LogP contribution in [0.3, 0.4) is 0 Å². The van der Waals surface area contributed by atoms with Crippen molar-refractivity contribution in [3.63, 3.8) is 0 Å². The highest BCUT2D eigenvalue weighted by atomic mass is 79.9. The molecule has 2 N–H and O–H groups in total. The first-order valence-corrected chi connectivity index (χ1v) is 6.99. The van der Waals surface area contributed by atoms with E-state index in [0.29, 0.717) is 16.8 Å². The summed E-state index contributed by atoms with van der Waals surface area (Å²) in [5.41, 5.74) is 0.837. The SMILES string of the molecule is CNc1ncc(Br)c(Nc2cc(Cl)ccc2Br)n1. The van der Waals surface area contributed by atoms with E-state index in [1.165, 1.54) is 0 Å². The van der Waals surface area contributed by atoms with E-state index >= 15 is 0 Å². The molecule has 1 aromatic heterocycles. The van der Waals surface area contributed by atoms with Gasteiger partial charge in [0.25, 0.3) is 0 Å². The van der Waals surface area contributed by atoms with Crippen molar-refractivity contribution in [1.82, 2.24) is 9.97 Å². The highest BCUT2D eigenvalue weighted by molar-refractivity contribution is 9.11. The highest BCUT2D eigenvalue weighted by Crippen LogP contribution is 2.31. The number of hydrogen-bond acceptors (Lipinski definition) is 4. The molecule has 0 aliphatic rings. The third kappa shape index (κ3) is 3.13. The summed E-state index contributed by atoms with van der Waals surface area (Å²) in [6, 6.07) is 5.50. The van der Waals surface area contributed by atoms with E-state index in [9.17, 15) is 0 Å². The Morgan fingerprint density at radius 3 is 2.72 bits per heavy atom. The topological polar surface area (TPSA) is 49.8 Å². The van der Waals surface area contributed by atoms with Crippen molar-refractivity contribution in [1.29, 1.82) is 0 Å². The maximum atomic E-state index is 5.96. The largest absolute Gasteiger partial charge is 0.357 e. The van der Waals surface area contributed by atoms with Crippen molar-refractivity contribution in [2.24, 2.45) is 0 Å². The third-order valence-electron chi connectivity index (χ3n) is 2.15. The number of halogens is 3. The molecule has 0 amide bonds. The van der Waals surface area contributed by atoms with Gasteiger partial charge < -0.3 is 10.6 Å². The molecule has 0 bridgehead atoms. The first-order valence-electron chi connectivity index (χ1n) is 5.02. The smallest absolute Gasteiger partial charge is 0.224 e. The van der Waals surface area contributed by atoms with Gasteiger partial charge >= 0.3 is 0 Å². The Hall–Kier alpha value is -0.850. The lowest BCUT2D eigenvalue weighted by Crippen LogP contribution is -2.01. The molecular formula is C11H9Br2ClN4. The third-order valence-corrected chi connectivity index (χ3v) is 3.66.